The number of amides is 1. The number of benzene rings is 2. The van der Waals surface area contributed by atoms with Gasteiger partial charge in [-0.3, -0.25) is 9.69 Å². The van der Waals surface area contributed by atoms with Crippen LogP contribution in [0.3, 0.4) is 0 Å². The summed E-state index contributed by atoms with van der Waals surface area (Å²) in [4.78, 5) is 15.0. The third-order valence-corrected chi connectivity index (χ3v) is 5.41. The molecule has 1 saturated heterocycles. The quantitative estimate of drug-likeness (QED) is 0.466. The molecule has 3 rings (SSSR count). The molecule has 1 aliphatic rings. The van der Waals surface area contributed by atoms with Gasteiger partial charge in [0.05, 0.1) is 10.6 Å². The zero-order valence-electron chi connectivity index (χ0n) is 12.9. The van der Waals surface area contributed by atoms with E-state index in [9.17, 15) is 4.79 Å². The highest BCUT2D eigenvalue weighted by Gasteiger charge is 2.34. The van der Waals surface area contributed by atoms with Gasteiger partial charge in [0.25, 0.3) is 5.91 Å². The summed E-state index contributed by atoms with van der Waals surface area (Å²) < 4.78 is 1.39. The van der Waals surface area contributed by atoms with Crippen molar-refractivity contribution in [2.45, 2.75) is 6.92 Å². The lowest BCUT2D eigenvalue weighted by Gasteiger charge is -2.15. The molecular weight excluding hydrogens is 402 g/mol. The Morgan fingerprint density at radius 1 is 1.12 bits per heavy atom. The van der Waals surface area contributed by atoms with Gasteiger partial charge in [-0.15, -0.1) is 0 Å². The summed E-state index contributed by atoms with van der Waals surface area (Å²) in [5, 5.41) is 0. The van der Waals surface area contributed by atoms with Gasteiger partial charge in [-0.1, -0.05) is 72.5 Å². The lowest BCUT2D eigenvalue weighted by atomic mass is 10.1. The van der Waals surface area contributed by atoms with Gasteiger partial charge < -0.3 is 0 Å². The largest absolute Gasteiger partial charge is 0.270 e. The topological polar surface area (TPSA) is 20.3 Å². The Labute approximate surface area is 159 Å². The smallest absolute Gasteiger partial charge is 0.268 e. The highest BCUT2D eigenvalue weighted by atomic mass is 79.9. The van der Waals surface area contributed by atoms with Crippen molar-refractivity contribution in [3.05, 3.63) is 81.2 Å². The maximum atomic E-state index is 12.8. The van der Waals surface area contributed by atoms with Crippen molar-refractivity contribution < 1.29 is 4.79 Å². The summed E-state index contributed by atoms with van der Waals surface area (Å²) in [6.45, 7) is 1.98. The SMILES string of the molecule is CC(/C=C1\SC(=S)N(c2ccccc2Br)C1=O)=C\c1ccccc1. The fraction of sp³-hybridized carbons (Fsp3) is 0.0526. The first-order chi connectivity index (χ1) is 11.6. The molecule has 2 nitrogen and oxygen atoms in total. The predicted octanol–water partition coefficient (Wildman–Crippen LogP) is 5.80. The van der Waals surface area contributed by atoms with Crippen LogP contribution in [0.5, 0.6) is 0 Å². The van der Waals surface area contributed by atoms with Crippen molar-refractivity contribution in [2.24, 2.45) is 0 Å². The minimum atomic E-state index is -0.0855. The Hall–Kier alpha value is -1.69. The second-order valence-electron chi connectivity index (χ2n) is 5.27. The summed E-state index contributed by atoms with van der Waals surface area (Å²) in [6.07, 6.45) is 3.94. The molecule has 2 aromatic carbocycles. The van der Waals surface area contributed by atoms with E-state index in [2.05, 4.69) is 15.9 Å². The van der Waals surface area contributed by atoms with Crippen LogP contribution in [0.15, 0.2) is 75.6 Å². The molecule has 0 aromatic heterocycles. The molecule has 1 amide bonds. The number of anilines is 1. The fourth-order valence-electron chi connectivity index (χ4n) is 2.37. The molecule has 0 N–H and O–H groups in total. The number of allylic oxidation sites excluding steroid dienone is 2. The average Bonchev–Trinajstić information content (AvgIpc) is 2.83. The van der Waals surface area contributed by atoms with Gasteiger partial charge in [0.1, 0.15) is 0 Å². The van der Waals surface area contributed by atoms with Crippen LogP contribution in [0, 0.1) is 0 Å². The minimum Gasteiger partial charge on any atom is -0.268 e. The number of nitrogens with zero attached hydrogens (tertiary/aromatic N) is 1. The second kappa shape index (κ2) is 7.47. The van der Waals surface area contributed by atoms with Crippen molar-refractivity contribution in [1.82, 2.24) is 0 Å². The van der Waals surface area contributed by atoms with E-state index in [4.69, 9.17) is 12.2 Å². The van der Waals surface area contributed by atoms with Crippen molar-refractivity contribution in [2.75, 3.05) is 4.90 Å². The Kier molecular flexibility index (Phi) is 5.33. The monoisotopic (exact) mass is 415 g/mol. The standard InChI is InChI=1S/C19H14BrNOS2/c1-13(11-14-7-3-2-4-8-14)12-17-18(22)21(19(23)24-17)16-10-6-5-9-15(16)20/h2-12H,1H3/b13-11+,17-12-. The van der Waals surface area contributed by atoms with Gasteiger partial charge in [-0.05, 0) is 52.2 Å². The lowest BCUT2D eigenvalue weighted by molar-refractivity contribution is -0.113. The summed E-state index contributed by atoms with van der Waals surface area (Å²) in [5.41, 5.74) is 2.88. The van der Waals surface area contributed by atoms with E-state index in [0.717, 1.165) is 21.3 Å². The van der Waals surface area contributed by atoms with Crippen LogP contribution in [0.4, 0.5) is 5.69 Å². The molecule has 0 atom stereocenters. The van der Waals surface area contributed by atoms with Crippen molar-refractivity contribution in [3.63, 3.8) is 0 Å². The molecule has 0 spiro atoms. The summed E-state index contributed by atoms with van der Waals surface area (Å²) in [7, 11) is 0. The molecule has 24 heavy (non-hydrogen) atoms. The molecule has 2 aromatic rings. The van der Waals surface area contributed by atoms with Gasteiger partial charge in [-0.2, -0.15) is 0 Å². The van der Waals surface area contributed by atoms with Crippen LogP contribution in [0.25, 0.3) is 6.08 Å². The molecule has 0 unspecified atom stereocenters. The average molecular weight is 416 g/mol. The Morgan fingerprint density at radius 3 is 2.50 bits per heavy atom. The Morgan fingerprint density at radius 2 is 1.79 bits per heavy atom. The Bertz CT molecular complexity index is 859. The van der Waals surface area contributed by atoms with Gasteiger partial charge in [0.15, 0.2) is 4.32 Å². The maximum Gasteiger partial charge on any atom is 0.270 e. The fourth-order valence-corrected chi connectivity index (χ4v) is 4.17. The van der Waals surface area contributed by atoms with E-state index in [1.807, 2.05) is 73.7 Å². The number of carbonyl (C=O) groups excluding carboxylic acids is 1. The molecular formula is C19H14BrNOS2. The van der Waals surface area contributed by atoms with E-state index in [0.29, 0.717) is 9.23 Å². The van der Waals surface area contributed by atoms with Crippen LogP contribution < -0.4 is 4.90 Å². The number of hydrogen-bond donors (Lipinski definition) is 0. The van der Waals surface area contributed by atoms with Crippen LogP contribution in [-0.4, -0.2) is 10.2 Å². The van der Waals surface area contributed by atoms with Gasteiger partial charge in [0.2, 0.25) is 0 Å². The first kappa shape index (κ1) is 17.1. The zero-order valence-corrected chi connectivity index (χ0v) is 16.1. The second-order valence-corrected chi connectivity index (χ2v) is 7.80. The summed E-state index contributed by atoms with van der Waals surface area (Å²) in [5.74, 6) is -0.0855. The summed E-state index contributed by atoms with van der Waals surface area (Å²) >= 11 is 10.2. The number of thiocarbonyl (C=S) groups is 1. The predicted molar refractivity (Wildman–Crippen MR) is 110 cm³/mol. The van der Waals surface area contributed by atoms with Crippen molar-refractivity contribution in [1.29, 1.82) is 0 Å². The molecule has 1 fully saturated rings. The molecule has 120 valence electrons. The minimum absolute atomic E-state index is 0.0855. The highest BCUT2D eigenvalue weighted by molar-refractivity contribution is 9.10. The van der Waals surface area contributed by atoms with Gasteiger partial charge >= 0.3 is 0 Å². The zero-order chi connectivity index (χ0) is 17.1. The molecule has 0 saturated carbocycles. The summed E-state index contributed by atoms with van der Waals surface area (Å²) in [6, 6.07) is 17.6. The third-order valence-electron chi connectivity index (χ3n) is 3.44. The molecule has 0 bridgehead atoms. The highest BCUT2D eigenvalue weighted by Crippen LogP contribution is 2.38. The van der Waals surface area contributed by atoms with Gasteiger partial charge in [-0.25, -0.2) is 0 Å². The Balaban J connectivity index is 1.89. The van der Waals surface area contributed by atoms with E-state index >= 15 is 0 Å². The number of thioether (sulfide) groups is 1. The van der Waals surface area contributed by atoms with Crippen molar-refractivity contribution in [3.8, 4) is 0 Å². The lowest BCUT2D eigenvalue weighted by Crippen LogP contribution is -2.27. The van der Waals surface area contributed by atoms with Crippen LogP contribution in [0.2, 0.25) is 0 Å². The van der Waals surface area contributed by atoms with E-state index in [-0.39, 0.29) is 5.91 Å². The maximum absolute atomic E-state index is 12.8. The van der Waals surface area contributed by atoms with E-state index < -0.39 is 0 Å². The van der Waals surface area contributed by atoms with Crippen LogP contribution in [0.1, 0.15) is 12.5 Å². The first-order valence-electron chi connectivity index (χ1n) is 7.32. The first-order valence-corrected chi connectivity index (χ1v) is 9.34. The normalized spacial score (nSPS) is 17.0. The molecule has 0 radical (unpaired) electrons. The van der Waals surface area contributed by atoms with Gasteiger partial charge in [0, 0.05) is 4.47 Å². The van der Waals surface area contributed by atoms with Crippen molar-refractivity contribution >= 4 is 61.9 Å². The third kappa shape index (κ3) is 3.69. The van der Waals surface area contributed by atoms with E-state index in [1.54, 1.807) is 4.90 Å². The number of carbonyl (C=O) groups is 1. The number of rotatable bonds is 3. The molecule has 1 heterocycles. The van der Waals surface area contributed by atoms with Crippen LogP contribution >= 0.6 is 39.9 Å². The number of para-hydroxylation sites is 1. The number of hydrogen-bond acceptors (Lipinski definition) is 3. The van der Waals surface area contributed by atoms with Crippen LogP contribution in [-0.2, 0) is 4.79 Å². The number of halogens is 1. The molecule has 1 aliphatic heterocycles. The van der Waals surface area contributed by atoms with E-state index in [1.165, 1.54) is 11.8 Å². The molecule has 0 aliphatic carbocycles. The molecule has 5 heteroatoms.